The molecule has 0 spiro atoms. The second-order valence-electron chi connectivity index (χ2n) is 6.64. The van der Waals surface area contributed by atoms with Gasteiger partial charge < -0.3 is 10.0 Å². The maximum absolute atomic E-state index is 14.0. The van der Waals surface area contributed by atoms with Gasteiger partial charge in [0.25, 0.3) is 0 Å². The van der Waals surface area contributed by atoms with E-state index in [4.69, 9.17) is 11.6 Å². The minimum Gasteiger partial charge on any atom is -0.391 e. The predicted octanol–water partition coefficient (Wildman–Crippen LogP) is 3.89. The first-order valence-corrected chi connectivity index (χ1v) is 8.02. The monoisotopic (exact) mass is 313 g/mol. The molecule has 1 aromatic carbocycles. The van der Waals surface area contributed by atoms with E-state index in [1.807, 2.05) is 14.1 Å². The summed E-state index contributed by atoms with van der Waals surface area (Å²) in [5.74, 6) is 0.372. The Morgan fingerprint density at radius 2 is 2.00 bits per heavy atom. The third-order valence-electron chi connectivity index (χ3n) is 5.08. The molecule has 1 aliphatic carbocycles. The van der Waals surface area contributed by atoms with Gasteiger partial charge in [0.1, 0.15) is 5.82 Å². The highest BCUT2D eigenvalue weighted by atomic mass is 35.5. The van der Waals surface area contributed by atoms with Crippen LogP contribution in [0.3, 0.4) is 0 Å². The lowest BCUT2D eigenvalue weighted by atomic mass is 9.72. The Labute approximate surface area is 131 Å². The Hall–Kier alpha value is -0.640. The van der Waals surface area contributed by atoms with E-state index in [1.165, 1.54) is 6.07 Å². The van der Waals surface area contributed by atoms with Gasteiger partial charge in [0.05, 0.1) is 6.10 Å². The lowest BCUT2D eigenvalue weighted by Crippen LogP contribution is -2.56. The zero-order chi connectivity index (χ0) is 15.6. The fourth-order valence-electron chi connectivity index (χ4n) is 3.43. The van der Waals surface area contributed by atoms with E-state index in [9.17, 15) is 9.50 Å². The van der Waals surface area contributed by atoms with E-state index in [1.54, 1.807) is 12.1 Å². The number of benzene rings is 1. The van der Waals surface area contributed by atoms with Gasteiger partial charge in [-0.15, -0.1) is 0 Å². The maximum atomic E-state index is 14.0. The molecule has 0 bridgehead atoms. The summed E-state index contributed by atoms with van der Waals surface area (Å²) in [5, 5.41) is 11.2. The van der Waals surface area contributed by atoms with Crippen molar-refractivity contribution in [1.82, 2.24) is 4.90 Å². The van der Waals surface area contributed by atoms with Crippen LogP contribution in [0.15, 0.2) is 18.2 Å². The Balaban J connectivity index is 2.17. The minimum atomic E-state index is -0.573. The van der Waals surface area contributed by atoms with Crippen molar-refractivity contribution < 1.29 is 9.50 Å². The van der Waals surface area contributed by atoms with E-state index in [-0.39, 0.29) is 11.4 Å². The van der Waals surface area contributed by atoms with Crippen molar-refractivity contribution in [3.63, 3.8) is 0 Å². The van der Waals surface area contributed by atoms with Gasteiger partial charge in [-0.25, -0.2) is 4.39 Å². The van der Waals surface area contributed by atoms with E-state index in [0.29, 0.717) is 22.9 Å². The highest BCUT2D eigenvalue weighted by Crippen LogP contribution is 2.38. The molecule has 0 heterocycles. The molecule has 1 aromatic rings. The lowest BCUT2D eigenvalue weighted by Gasteiger charge is -2.47. The summed E-state index contributed by atoms with van der Waals surface area (Å²) in [5.41, 5.74) is 0.283. The SMILES string of the molecule is CC1CCC(C(O)Cc2ccc(Cl)cc2F)(N(C)C)CC1. The molecule has 4 heteroatoms. The molecule has 0 aliphatic heterocycles. The highest BCUT2D eigenvalue weighted by Gasteiger charge is 2.42. The smallest absolute Gasteiger partial charge is 0.127 e. The topological polar surface area (TPSA) is 23.5 Å². The van der Waals surface area contributed by atoms with Crippen LogP contribution in [0.4, 0.5) is 4.39 Å². The Kier molecular flexibility index (Phi) is 5.29. The number of nitrogens with zero attached hydrogens (tertiary/aromatic N) is 1. The molecule has 0 saturated heterocycles. The first-order chi connectivity index (χ1) is 9.85. The van der Waals surface area contributed by atoms with Crippen molar-refractivity contribution in [2.75, 3.05) is 14.1 Å². The molecule has 1 fully saturated rings. The Bertz CT molecular complexity index is 484. The molecule has 1 atom stereocenters. The molecule has 0 radical (unpaired) electrons. The van der Waals surface area contributed by atoms with Crippen LogP contribution in [-0.4, -0.2) is 35.7 Å². The number of rotatable bonds is 4. The van der Waals surface area contributed by atoms with Crippen molar-refractivity contribution in [3.8, 4) is 0 Å². The molecule has 1 N–H and O–H groups in total. The molecule has 1 saturated carbocycles. The van der Waals surface area contributed by atoms with Crippen LogP contribution in [0, 0.1) is 11.7 Å². The number of aliphatic hydroxyl groups is 1. The quantitative estimate of drug-likeness (QED) is 0.911. The van der Waals surface area contributed by atoms with Gasteiger partial charge in [-0.3, -0.25) is 0 Å². The molecular formula is C17H25ClFNO. The molecule has 1 unspecified atom stereocenters. The van der Waals surface area contributed by atoms with Crippen LogP contribution in [0.5, 0.6) is 0 Å². The second kappa shape index (κ2) is 6.64. The Morgan fingerprint density at radius 1 is 1.38 bits per heavy atom. The van der Waals surface area contributed by atoms with E-state index in [0.717, 1.165) is 25.7 Å². The van der Waals surface area contributed by atoms with Crippen LogP contribution in [0.25, 0.3) is 0 Å². The fraction of sp³-hybridized carbons (Fsp3) is 0.647. The number of halogens is 2. The standard InChI is InChI=1S/C17H25ClFNO/c1-12-6-8-17(9-7-12,20(2)3)16(21)10-13-4-5-14(18)11-15(13)19/h4-5,11-12,16,21H,6-10H2,1-3H3. The molecular weight excluding hydrogens is 289 g/mol. The van der Waals surface area contributed by atoms with Crippen LogP contribution in [-0.2, 0) is 6.42 Å². The summed E-state index contributed by atoms with van der Waals surface area (Å²) >= 11 is 5.79. The number of hydrogen-bond acceptors (Lipinski definition) is 2. The fourth-order valence-corrected chi connectivity index (χ4v) is 3.58. The Morgan fingerprint density at radius 3 is 2.52 bits per heavy atom. The van der Waals surface area contributed by atoms with Gasteiger partial charge >= 0.3 is 0 Å². The number of hydrogen-bond donors (Lipinski definition) is 1. The van der Waals surface area contributed by atoms with Crippen molar-refractivity contribution >= 4 is 11.6 Å². The van der Waals surface area contributed by atoms with E-state index < -0.39 is 6.10 Å². The van der Waals surface area contributed by atoms with Gasteiger partial charge in [-0.05, 0) is 63.4 Å². The van der Waals surface area contributed by atoms with Gasteiger partial charge in [0.15, 0.2) is 0 Å². The normalized spacial score (nSPS) is 27.9. The van der Waals surface area contributed by atoms with Crippen molar-refractivity contribution in [2.45, 2.75) is 50.7 Å². The van der Waals surface area contributed by atoms with Crippen molar-refractivity contribution in [1.29, 1.82) is 0 Å². The molecule has 0 amide bonds. The van der Waals surface area contributed by atoms with Gasteiger partial charge in [-0.2, -0.15) is 0 Å². The molecule has 21 heavy (non-hydrogen) atoms. The summed E-state index contributed by atoms with van der Waals surface area (Å²) in [7, 11) is 4.02. The molecule has 0 aromatic heterocycles. The summed E-state index contributed by atoms with van der Waals surface area (Å²) in [6.45, 7) is 2.25. The summed E-state index contributed by atoms with van der Waals surface area (Å²) in [6.07, 6.45) is 3.89. The molecule has 2 rings (SSSR count). The largest absolute Gasteiger partial charge is 0.391 e. The first kappa shape index (κ1) is 16.7. The minimum absolute atomic E-state index is 0.251. The number of aliphatic hydroxyl groups excluding tert-OH is 1. The predicted molar refractivity (Wildman–Crippen MR) is 85.2 cm³/mol. The molecule has 2 nitrogen and oxygen atoms in total. The summed E-state index contributed by atoms with van der Waals surface area (Å²) in [4.78, 5) is 2.12. The van der Waals surface area contributed by atoms with Crippen LogP contribution in [0.1, 0.15) is 38.2 Å². The van der Waals surface area contributed by atoms with E-state index >= 15 is 0 Å². The lowest BCUT2D eigenvalue weighted by molar-refractivity contribution is -0.0385. The van der Waals surface area contributed by atoms with Crippen molar-refractivity contribution in [2.24, 2.45) is 5.92 Å². The average molecular weight is 314 g/mol. The molecule has 1 aliphatic rings. The zero-order valence-corrected chi connectivity index (χ0v) is 13.8. The van der Waals surface area contributed by atoms with E-state index in [2.05, 4.69) is 11.8 Å². The van der Waals surface area contributed by atoms with Gasteiger partial charge in [0.2, 0.25) is 0 Å². The summed E-state index contributed by atoms with van der Waals surface area (Å²) < 4.78 is 14.0. The third kappa shape index (κ3) is 3.58. The van der Waals surface area contributed by atoms with Crippen molar-refractivity contribution in [3.05, 3.63) is 34.6 Å². The highest BCUT2D eigenvalue weighted by molar-refractivity contribution is 6.30. The van der Waals surface area contributed by atoms with Gasteiger partial charge in [0, 0.05) is 17.0 Å². The maximum Gasteiger partial charge on any atom is 0.127 e. The van der Waals surface area contributed by atoms with Gasteiger partial charge in [-0.1, -0.05) is 24.6 Å². The second-order valence-corrected chi connectivity index (χ2v) is 7.07. The average Bonchev–Trinajstić information content (AvgIpc) is 2.42. The summed E-state index contributed by atoms with van der Waals surface area (Å²) in [6, 6.07) is 4.67. The third-order valence-corrected chi connectivity index (χ3v) is 5.31. The molecule has 118 valence electrons. The zero-order valence-electron chi connectivity index (χ0n) is 13.1. The van der Waals surface area contributed by atoms with Crippen LogP contribution >= 0.6 is 11.6 Å². The van der Waals surface area contributed by atoms with Crippen LogP contribution in [0.2, 0.25) is 5.02 Å². The number of likely N-dealkylation sites (N-methyl/N-ethyl adjacent to an activating group) is 1. The van der Waals surface area contributed by atoms with Crippen LogP contribution < -0.4 is 0 Å². The first-order valence-electron chi connectivity index (χ1n) is 7.64.